The Kier molecular flexibility index (Phi) is 128. The lowest BCUT2D eigenvalue weighted by atomic mass is 10.8. The molecule has 0 spiro atoms. The first-order valence-electron chi connectivity index (χ1n) is 9.29. The highest BCUT2D eigenvalue weighted by atomic mass is 35.5. The van der Waals surface area contributed by atoms with E-state index in [9.17, 15) is 38.4 Å². The van der Waals surface area contributed by atoms with Crippen LogP contribution in [-0.2, 0) is 57.1 Å². The van der Waals surface area contributed by atoms with E-state index in [1.54, 1.807) is 0 Å². The monoisotopic (exact) mass is 736 g/mol. The van der Waals surface area contributed by atoms with Crippen molar-refractivity contribution < 1.29 is 76.3 Å². The van der Waals surface area contributed by atoms with Crippen LogP contribution in [0.4, 0.5) is 19.2 Å². The molecule has 0 unspecified atom stereocenters. The number of hydrogen-bond acceptors (Lipinski definition) is 16. The fraction of sp³-hybridized carbons (Fsp3) is 0.667. The van der Waals surface area contributed by atoms with E-state index in [1.165, 1.54) is 84.6 Å². The van der Waals surface area contributed by atoms with E-state index in [-0.39, 0.29) is 53.6 Å². The molecular formula is C24H52Cl4O16. The summed E-state index contributed by atoms with van der Waals surface area (Å²) in [6.45, 7) is 5.44. The summed E-state index contributed by atoms with van der Waals surface area (Å²) in [5.74, 6) is -0.981. The second kappa shape index (κ2) is 72.3. The van der Waals surface area contributed by atoms with Crippen LogP contribution in [0.2, 0.25) is 0 Å². The van der Waals surface area contributed by atoms with Gasteiger partial charge >= 0.3 is 45.6 Å². The molecule has 44 heavy (non-hydrogen) atoms. The van der Waals surface area contributed by atoms with Crippen molar-refractivity contribution in [1.82, 2.24) is 0 Å². The summed E-state index contributed by atoms with van der Waals surface area (Å²) >= 11 is 18.4. The Hall–Kier alpha value is -3.08. The van der Waals surface area contributed by atoms with Crippen LogP contribution in [0.3, 0.4) is 0 Å². The zero-order chi connectivity index (χ0) is 34.3. The maximum absolute atomic E-state index is 9.59. The highest BCUT2D eigenvalue weighted by molar-refractivity contribution is 6.61. The summed E-state index contributed by atoms with van der Waals surface area (Å²) in [6, 6.07) is 0. The number of ether oxygens (including phenoxy) is 8. The van der Waals surface area contributed by atoms with Crippen molar-refractivity contribution in [3.05, 3.63) is 0 Å². The fourth-order valence-corrected chi connectivity index (χ4v) is 0. The Morgan fingerprint density at radius 1 is 0.295 bits per heavy atom. The third-order valence-electron chi connectivity index (χ3n) is 1.79. The average molecular weight is 738 g/mol. The third-order valence-corrected chi connectivity index (χ3v) is 2.41. The van der Waals surface area contributed by atoms with Gasteiger partial charge in [0, 0.05) is 74.1 Å². The average Bonchev–Trinajstić information content (AvgIpc) is 2.90. The number of methoxy groups -OCH3 is 8. The standard InChI is InChI=1S/4C3H6O2.4C2H3ClO2.4CH4/c4*1-3(4)5-2;4*1-5-2(3)4;;;;/h4*1-2H3;4*1H3;4*1H4. The van der Waals surface area contributed by atoms with Gasteiger partial charge in [-0.25, -0.2) is 19.2 Å². The number of halogens is 4. The number of carbonyl (C=O) groups excluding carboxylic acids is 8. The van der Waals surface area contributed by atoms with E-state index in [4.69, 9.17) is 0 Å². The molecular weight excluding hydrogens is 686 g/mol. The van der Waals surface area contributed by atoms with E-state index < -0.39 is 21.7 Å². The largest absolute Gasteiger partial charge is 0.469 e. The van der Waals surface area contributed by atoms with Gasteiger partial charge < -0.3 is 37.9 Å². The van der Waals surface area contributed by atoms with Crippen molar-refractivity contribution in [2.45, 2.75) is 57.4 Å². The molecule has 0 atom stereocenters. The first-order chi connectivity index (χ1) is 18.2. The molecule has 0 rings (SSSR count). The van der Waals surface area contributed by atoms with Crippen molar-refractivity contribution in [2.75, 3.05) is 56.9 Å². The number of esters is 4. The normalized spacial score (nSPS) is 6.18. The minimum absolute atomic E-state index is 0. The molecule has 0 aromatic rings. The van der Waals surface area contributed by atoms with Crippen LogP contribution >= 0.6 is 46.4 Å². The first kappa shape index (κ1) is 78.0. The zero-order valence-electron chi connectivity index (χ0n) is 24.0. The molecule has 0 bridgehead atoms. The van der Waals surface area contributed by atoms with Gasteiger partial charge in [0.2, 0.25) is 0 Å². The molecule has 0 saturated heterocycles. The molecule has 272 valence electrons. The van der Waals surface area contributed by atoms with Crippen LogP contribution in [0.1, 0.15) is 57.4 Å². The molecule has 16 nitrogen and oxygen atoms in total. The summed E-state index contributed by atoms with van der Waals surface area (Å²) < 4.78 is 32.0. The van der Waals surface area contributed by atoms with E-state index in [0.29, 0.717) is 0 Å². The Bertz CT molecular complexity index is 509. The predicted octanol–water partition coefficient (Wildman–Crippen LogP) is 7.23. The molecule has 0 N–H and O–H groups in total. The van der Waals surface area contributed by atoms with Crippen molar-refractivity contribution in [1.29, 1.82) is 0 Å². The maximum Gasteiger partial charge on any atom is 0.403 e. The summed E-state index contributed by atoms with van der Waals surface area (Å²) in [4.78, 5) is 75.8. The summed E-state index contributed by atoms with van der Waals surface area (Å²) in [7, 11) is 10.3. The van der Waals surface area contributed by atoms with Gasteiger partial charge in [-0.1, -0.05) is 29.7 Å². The topological polar surface area (TPSA) is 210 Å². The predicted molar refractivity (Wildman–Crippen MR) is 171 cm³/mol. The summed E-state index contributed by atoms with van der Waals surface area (Å²) in [5, 5.41) is 0. The second-order valence-corrected chi connectivity index (χ2v) is 5.78. The zero-order valence-corrected chi connectivity index (χ0v) is 27.1. The van der Waals surface area contributed by atoms with Crippen LogP contribution < -0.4 is 0 Å². The van der Waals surface area contributed by atoms with Gasteiger partial charge in [0.25, 0.3) is 0 Å². The van der Waals surface area contributed by atoms with Crippen molar-refractivity contribution in [2.24, 2.45) is 0 Å². The number of carbonyl (C=O) groups is 8. The van der Waals surface area contributed by atoms with Gasteiger partial charge in [-0.3, -0.25) is 19.2 Å². The number of rotatable bonds is 0. The van der Waals surface area contributed by atoms with Crippen LogP contribution in [0.15, 0.2) is 0 Å². The SMILES string of the molecule is C.C.C.C.COC(=O)Cl.COC(=O)Cl.COC(=O)Cl.COC(=O)Cl.COC(C)=O.COC(C)=O.COC(C)=O.COC(C)=O. The smallest absolute Gasteiger partial charge is 0.403 e. The van der Waals surface area contributed by atoms with Gasteiger partial charge in [0.15, 0.2) is 0 Å². The van der Waals surface area contributed by atoms with Gasteiger partial charge in [0.1, 0.15) is 0 Å². The van der Waals surface area contributed by atoms with Crippen LogP contribution in [0, 0.1) is 0 Å². The lowest BCUT2D eigenvalue weighted by molar-refractivity contribution is -0.138. The van der Waals surface area contributed by atoms with E-state index >= 15 is 0 Å². The molecule has 0 amide bonds. The third kappa shape index (κ3) is 335. The Balaban J connectivity index is -0.0000000263. The molecule has 0 fully saturated rings. The highest BCUT2D eigenvalue weighted by Gasteiger charge is 1.82. The van der Waals surface area contributed by atoms with Gasteiger partial charge in [-0.15, -0.1) is 0 Å². The van der Waals surface area contributed by atoms with Crippen LogP contribution in [0.25, 0.3) is 0 Å². The fourth-order valence-electron chi connectivity index (χ4n) is 0. The van der Waals surface area contributed by atoms with Gasteiger partial charge in [-0.05, 0) is 0 Å². The van der Waals surface area contributed by atoms with Crippen molar-refractivity contribution in [3.8, 4) is 0 Å². The highest BCUT2D eigenvalue weighted by Crippen LogP contribution is 1.79. The van der Waals surface area contributed by atoms with Crippen molar-refractivity contribution >= 4 is 92.0 Å². The molecule has 0 heterocycles. The van der Waals surface area contributed by atoms with Gasteiger partial charge in [0.05, 0.1) is 56.9 Å². The molecule has 0 aliphatic heterocycles. The van der Waals surface area contributed by atoms with Crippen LogP contribution in [-0.4, -0.2) is 102 Å². The minimum atomic E-state index is -0.773. The molecule has 0 aromatic heterocycles. The molecule has 0 aliphatic rings. The molecule has 20 heteroatoms. The van der Waals surface area contributed by atoms with E-state index in [0.717, 1.165) is 0 Å². The Morgan fingerprint density at radius 2 is 0.341 bits per heavy atom. The first-order valence-corrected chi connectivity index (χ1v) is 10.8. The van der Waals surface area contributed by atoms with Crippen LogP contribution in [0.5, 0.6) is 0 Å². The summed E-state index contributed by atoms with van der Waals surface area (Å²) in [5.41, 5.74) is -3.09. The van der Waals surface area contributed by atoms with E-state index in [2.05, 4.69) is 84.3 Å². The Labute approximate surface area is 282 Å². The van der Waals surface area contributed by atoms with Crippen molar-refractivity contribution in [3.63, 3.8) is 0 Å². The molecule has 0 saturated carbocycles. The lowest BCUT2D eigenvalue weighted by Gasteiger charge is -1.80. The molecule has 0 aromatic carbocycles. The quantitative estimate of drug-likeness (QED) is 0.136. The number of hydrogen-bond donors (Lipinski definition) is 0. The summed E-state index contributed by atoms with van der Waals surface area (Å²) in [6.07, 6.45) is 0. The van der Waals surface area contributed by atoms with E-state index in [1.807, 2.05) is 0 Å². The lowest BCUT2D eigenvalue weighted by Crippen LogP contribution is -1.88. The second-order valence-electron chi connectivity index (χ2n) is 4.55. The molecule has 0 radical (unpaired) electrons. The molecule has 0 aliphatic carbocycles. The Morgan fingerprint density at radius 3 is 0.341 bits per heavy atom. The minimum Gasteiger partial charge on any atom is -0.469 e. The maximum atomic E-state index is 9.59. The van der Waals surface area contributed by atoms with Gasteiger partial charge in [-0.2, -0.15) is 0 Å².